The SMILES string of the molecule is Cc1[nH]c2c(C)ccc(C)c2c1CC(=O)N[C@@H]1CCNC[C@H]1O.Cl. The standard InChI is InChI=1S/C18H25N3O2.ClH/c1-10-4-5-11(2)18-17(10)13(12(3)20-18)8-16(23)21-14-6-7-19-9-15(14)22;/h4-5,14-15,19-20,22H,6-9H2,1-3H3,(H,21,23);1H/t14-,15-;/m1./s1. The lowest BCUT2D eigenvalue weighted by atomic mass is 10.00. The van der Waals surface area contributed by atoms with E-state index in [4.69, 9.17) is 0 Å². The van der Waals surface area contributed by atoms with Gasteiger partial charge in [0.05, 0.1) is 18.6 Å². The van der Waals surface area contributed by atoms with Gasteiger partial charge in [0.2, 0.25) is 5.91 Å². The second-order valence-electron chi connectivity index (χ2n) is 6.59. The van der Waals surface area contributed by atoms with E-state index in [-0.39, 0.29) is 24.4 Å². The van der Waals surface area contributed by atoms with E-state index in [1.54, 1.807) is 0 Å². The number of piperidine rings is 1. The Morgan fingerprint density at radius 1 is 1.29 bits per heavy atom. The summed E-state index contributed by atoms with van der Waals surface area (Å²) >= 11 is 0. The molecule has 2 atom stereocenters. The number of benzene rings is 1. The van der Waals surface area contributed by atoms with E-state index >= 15 is 0 Å². The number of aryl methyl sites for hydroxylation is 3. The van der Waals surface area contributed by atoms with Crippen LogP contribution in [0.2, 0.25) is 0 Å². The summed E-state index contributed by atoms with van der Waals surface area (Å²) in [5.41, 5.74) is 5.58. The van der Waals surface area contributed by atoms with Crippen molar-refractivity contribution in [3.8, 4) is 0 Å². The number of aromatic nitrogens is 1. The first-order valence-electron chi connectivity index (χ1n) is 8.23. The molecule has 0 unspecified atom stereocenters. The van der Waals surface area contributed by atoms with Gasteiger partial charge in [0.15, 0.2) is 0 Å². The van der Waals surface area contributed by atoms with Crippen LogP contribution in [0.1, 0.15) is 28.8 Å². The first kappa shape index (κ1) is 18.8. The van der Waals surface area contributed by atoms with Crippen LogP contribution in [0.25, 0.3) is 10.9 Å². The first-order valence-corrected chi connectivity index (χ1v) is 8.23. The zero-order valence-electron chi connectivity index (χ0n) is 14.4. The average Bonchev–Trinajstić information content (AvgIpc) is 2.84. The van der Waals surface area contributed by atoms with Crippen LogP contribution < -0.4 is 10.6 Å². The van der Waals surface area contributed by atoms with E-state index in [9.17, 15) is 9.90 Å². The molecule has 1 saturated heterocycles. The van der Waals surface area contributed by atoms with E-state index in [2.05, 4.69) is 41.6 Å². The molecule has 1 aliphatic heterocycles. The summed E-state index contributed by atoms with van der Waals surface area (Å²) < 4.78 is 0. The smallest absolute Gasteiger partial charge is 0.224 e. The average molecular weight is 352 g/mol. The number of carbonyl (C=O) groups excluding carboxylic acids is 1. The summed E-state index contributed by atoms with van der Waals surface area (Å²) in [6.45, 7) is 7.53. The van der Waals surface area contributed by atoms with Crippen molar-refractivity contribution in [1.29, 1.82) is 0 Å². The van der Waals surface area contributed by atoms with Crippen LogP contribution in [-0.4, -0.2) is 41.2 Å². The molecule has 2 aromatic rings. The maximum Gasteiger partial charge on any atom is 0.224 e. The Hall–Kier alpha value is -1.56. The Balaban J connectivity index is 0.00000208. The van der Waals surface area contributed by atoms with E-state index in [0.29, 0.717) is 13.0 Å². The summed E-state index contributed by atoms with van der Waals surface area (Å²) in [6, 6.07) is 4.04. The zero-order valence-corrected chi connectivity index (χ0v) is 15.2. The Bertz CT molecular complexity index is 741. The van der Waals surface area contributed by atoms with Crippen LogP contribution >= 0.6 is 12.4 Å². The molecule has 132 valence electrons. The highest BCUT2D eigenvalue weighted by Gasteiger charge is 2.25. The number of amides is 1. The van der Waals surface area contributed by atoms with Gasteiger partial charge in [-0.25, -0.2) is 0 Å². The lowest BCUT2D eigenvalue weighted by Crippen LogP contribution is -2.52. The van der Waals surface area contributed by atoms with Crippen LogP contribution in [0.3, 0.4) is 0 Å². The van der Waals surface area contributed by atoms with E-state index in [1.807, 2.05) is 6.92 Å². The number of β-amino-alcohol motifs (C(OH)–C–C–N with tert-alkyl or cyclic N) is 1. The number of aromatic amines is 1. The number of halogens is 1. The van der Waals surface area contributed by atoms with Gasteiger partial charge < -0.3 is 20.7 Å². The number of carbonyl (C=O) groups is 1. The molecular weight excluding hydrogens is 326 g/mol. The zero-order chi connectivity index (χ0) is 16.6. The summed E-state index contributed by atoms with van der Waals surface area (Å²) in [5, 5.41) is 17.2. The lowest BCUT2D eigenvalue weighted by Gasteiger charge is -2.29. The van der Waals surface area contributed by atoms with Gasteiger partial charge in [-0.3, -0.25) is 4.79 Å². The van der Waals surface area contributed by atoms with Crippen molar-refractivity contribution in [3.05, 3.63) is 34.5 Å². The normalized spacial score (nSPS) is 20.7. The van der Waals surface area contributed by atoms with Gasteiger partial charge >= 0.3 is 0 Å². The quantitative estimate of drug-likeness (QED) is 0.682. The fraction of sp³-hybridized carbons (Fsp3) is 0.500. The van der Waals surface area contributed by atoms with Crippen LogP contribution in [0.15, 0.2) is 12.1 Å². The fourth-order valence-corrected chi connectivity index (χ4v) is 3.46. The number of aliphatic hydroxyl groups excluding tert-OH is 1. The fourth-order valence-electron chi connectivity index (χ4n) is 3.46. The summed E-state index contributed by atoms with van der Waals surface area (Å²) in [7, 11) is 0. The summed E-state index contributed by atoms with van der Waals surface area (Å²) in [5.74, 6) is -0.0270. The Morgan fingerprint density at radius 3 is 2.71 bits per heavy atom. The Labute approximate surface area is 148 Å². The molecule has 1 aromatic carbocycles. The van der Waals surface area contributed by atoms with Crippen LogP contribution in [-0.2, 0) is 11.2 Å². The van der Waals surface area contributed by atoms with Gasteiger partial charge in [0, 0.05) is 23.1 Å². The van der Waals surface area contributed by atoms with Crippen LogP contribution in [0.4, 0.5) is 0 Å². The van der Waals surface area contributed by atoms with E-state index in [0.717, 1.165) is 35.1 Å². The van der Waals surface area contributed by atoms with Crippen molar-refractivity contribution in [2.24, 2.45) is 0 Å². The molecule has 0 aliphatic carbocycles. The number of rotatable bonds is 3. The number of H-pyrrole nitrogens is 1. The number of hydrogen-bond acceptors (Lipinski definition) is 3. The monoisotopic (exact) mass is 351 g/mol. The number of nitrogens with one attached hydrogen (secondary N) is 3. The Kier molecular flexibility index (Phi) is 5.91. The highest BCUT2D eigenvalue weighted by molar-refractivity contribution is 5.93. The molecule has 3 rings (SSSR count). The maximum absolute atomic E-state index is 12.5. The predicted octanol–water partition coefficient (Wildman–Crippen LogP) is 1.90. The third-order valence-electron chi connectivity index (χ3n) is 4.82. The van der Waals surface area contributed by atoms with Gasteiger partial charge in [-0.1, -0.05) is 12.1 Å². The van der Waals surface area contributed by atoms with Crippen molar-refractivity contribution in [2.45, 2.75) is 45.8 Å². The minimum atomic E-state index is -0.513. The van der Waals surface area contributed by atoms with E-state index < -0.39 is 6.10 Å². The molecule has 1 amide bonds. The van der Waals surface area contributed by atoms with Crippen molar-refractivity contribution >= 4 is 29.2 Å². The molecule has 1 aliphatic rings. The highest BCUT2D eigenvalue weighted by Crippen LogP contribution is 2.28. The molecule has 0 spiro atoms. The molecule has 4 N–H and O–H groups in total. The molecule has 0 bridgehead atoms. The van der Waals surface area contributed by atoms with Gasteiger partial charge in [-0.15, -0.1) is 12.4 Å². The summed E-state index contributed by atoms with van der Waals surface area (Å²) in [4.78, 5) is 15.9. The molecule has 2 heterocycles. The minimum absolute atomic E-state index is 0. The number of aliphatic hydroxyl groups is 1. The topological polar surface area (TPSA) is 77.2 Å². The largest absolute Gasteiger partial charge is 0.390 e. The van der Waals surface area contributed by atoms with Crippen molar-refractivity contribution in [1.82, 2.24) is 15.6 Å². The van der Waals surface area contributed by atoms with E-state index in [1.165, 1.54) is 11.1 Å². The molecular formula is C18H26ClN3O2. The number of hydrogen-bond donors (Lipinski definition) is 4. The first-order chi connectivity index (χ1) is 11.0. The summed E-state index contributed by atoms with van der Waals surface area (Å²) in [6.07, 6.45) is 0.589. The molecule has 24 heavy (non-hydrogen) atoms. The van der Waals surface area contributed by atoms with Crippen molar-refractivity contribution in [2.75, 3.05) is 13.1 Å². The Morgan fingerprint density at radius 2 is 2.00 bits per heavy atom. The molecule has 0 radical (unpaired) electrons. The van der Waals surface area contributed by atoms with Crippen LogP contribution in [0.5, 0.6) is 0 Å². The molecule has 6 heteroatoms. The molecule has 1 aromatic heterocycles. The second-order valence-corrected chi connectivity index (χ2v) is 6.59. The lowest BCUT2D eigenvalue weighted by molar-refractivity contribution is -0.122. The predicted molar refractivity (Wildman–Crippen MR) is 98.9 cm³/mol. The third kappa shape index (κ3) is 3.58. The maximum atomic E-state index is 12.5. The van der Waals surface area contributed by atoms with Crippen molar-refractivity contribution < 1.29 is 9.90 Å². The van der Waals surface area contributed by atoms with Gasteiger partial charge in [-0.2, -0.15) is 0 Å². The highest BCUT2D eigenvalue weighted by atomic mass is 35.5. The molecule has 0 saturated carbocycles. The van der Waals surface area contributed by atoms with Crippen molar-refractivity contribution in [3.63, 3.8) is 0 Å². The second kappa shape index (κ2) is 7.55. The minimum Gasteiger partial charge on any atom is -0.390 e. The third-order valence-corrected chi connectivity index (χ3v) is 4.82. The molecule has 1 fully saturated rings. The number of fused-ring (bicyclic) bond motifs is 1. The van der Waals surface area contributed by atoms with Gasteiger partial charge in [0.25, 0.3) is 0 Å². The van der Waals surface area contributed by atoms with Gasteiger partial charge in [0.1, 0.15) is 0 Å². The van der Waals surface area contributed by atoms with Crippen LogP contribution in [0, 0.1) is 20.8 Å². The molecule has 5 nitrogen and oxygen atoms in total. The van der Waals surface area contributed by atoms with Gasteiger partial charge in [-0.05, 0) is 50.4 Å².